The van der Waals surface area contributed by atoms with Crippen molar-refractivity contribution in [2.45, 2.75) is 66.5 Å². The third-order valence-electron chi connectivity index (χ3n) is 7.06. The lowest BCUT2D eigenvalue weighted by molar-refractivity contribution is 0.213. The van der Waals surface area contributed by atoms with Crippen LogP contribution in [-0.4, -0.2) is 39.3 Å². The van der Waals surface area contributed by atoms with Crippen molar-refractivity contribution in [3.63, 3.8) is 0 Å². The van der Waals surface area contributed by atoms with Gasteiger partial charge in [0.1, 0.15) is 17.9 Å². The molecule has 1 heterocycles. The number of benzene rings is 2. The first-order valence-electron chi connectivity index (χ1n) is 13.3. The lowest BCUT2D eigenvalue weighted by Crippen LogP contribution is -2.26. The summed E-state index contributed by atoms with van der Waals surface area (Å²) >= 11 is 0. The van der Waals surface area contributed by atoms with E-state index in [4.69, 9.17) is 0 Å². The largest absolute Gasteiger partial charge is 0.313 e. The van der Waals surface area contributed by atoms with Crippen molar-refractivity contribution >= 4 is 18.8 Å². The van der Waals surface area contributed by atoms with Gasteiger partial charge in [-0.2, -0.15) is 0 Å². The van der Waals surface area contributed by atoms with Crippen LogP contribution in [-0.2, 0) is 26.4 Å². The van der Waals surface area contributed by atoms with E-state index >= 15 is 0 Å². The summed E-state index contributed by atoms with van der Waals surface area (Å²) in [7, 11) is 2.00. The van der Waals surface area contributed by atoms with Gasteiger partial charge in [0.25, 0.3) is 0 Å². The highest BCUT2D eigenvalue weighted by Gasteiger charge is 2.17. The maximum absolute atomic E-state index is 4.44. The van der Waals surface area contributed by atoms with Crippen LogP contribution in [0, 0.1) is 12.8 Å². The van der Waals surface area contributed by atoms with Gasteiger partial charge in [0.2, 0.25) is 0 Å². The predicted molar refractivity (Wildman–Crippen MR) is 156 cm³/mol. The highest BCUT2D eigenvalue weighted by molar-refractivity contribution is 5.72. The first-order valence-corrected chi connectivity index (χ1v) is 13.3. The molecule has 0 aliphatic rings. The molecule has 0 spiro atoms. The molecule has 0 bridgehead atoms. The molecule has 0 radical (unpaired) electrons. The van der Waals surface area contributed by atoms with Gasteiger partial charge in [-0.3, -0.25) is 9.89 Å². The number of aliphatic imine (C=N–C) groups is 2. The van der Waals surface area contributed by atoms with Crippen LogP contribution in [0.4, 0.5) is 0 Å². The summed E-state index contributed by atoms with van der Waals surface area (Å²) in [5.74, 6) is 2.20. The van der Waals surface area contributed by atoms with E-state index in [-0.39, 0.29) is 0 Å². The molecular weight excluding hydrogens is 456 g/mol. The fraction of sp³-hybridized carbons (Fsp3) is 0.419. The highest BCUT2D eigenvalue weighted by atomic mass is 15.3. The van der Waals surface area contributed by atoms with E-state index in [2.05, 4.69) is 108 Å². The lowest BCUT2D eigenvalue weighted by Gasteiger charge is -2.29. The van der Waals surface area contributed by atoms with E-state index in [1.165, 1.54) is 28.6 Å². The minimum absolute atomic E-state index is 0.361. The van der Waals surface area contributed by atoms with Crippen LogP contribution in [0.3, 0.4) is 0 Å². The SMILES string of the molecule is C=NC=N/C(=C\C)c1nnc(C[C@H](C)CCc2cccc([C@@H](C)N(CC)Cc3cccc(C)c3)c2)n1C. The van der Waals surface area contributed by atoms with Crippen LogP contribution in [0.25, 0.3) is 5.70 Å². The topological polar surface area (TPSA) is 58.7 Å². The number of rotatable bonds is 13. The van der Waals surface area contributed by atoms with E-state index in [1.807, 2.05) is 24.6 Å². The van der Waals surface area contributed by atoms with Crippen molar-refractivity contribution in [2.24, 2.45) is 23.0 Å². The normalized spacial score (nSPS) is 13.9. The van der Waals surface area contributed by atoms with Crippen molar-refractivity contribution in [3.8, 4) is 0 Å². The standard InChI is InChI=1S/C31H42N6/c1-8-29(33-22-32-6)31-35-34-30(36(31)7)19-24(4)16-17-26-13-11-15-28(20-26)25(5)37(9-2)21-27-14-10-12-23(3)18-27/h8,10-15,18,20,22,24-25H,6,9,16-17,19,21H2,1-5,7H3/b29-8-,33-22?/t24-,25-/m1/s1. The molecule has 0 unspecified atom stereocenters. The van der Waals surface area contributed by atoms with Crippen LogP contribution >= 0.6 is 0 Å². The van der Waals surface area contributed by atoms with Gasteiger partial charge >= 0.3 is 0 Å². The van der Waals surface area contributed by atoms with E-state index in [0.29, 0.717) is 12.0 Å². The monoisotopic (exact) mass is 498 g/mol. The van der Waals surface area contributed by atoms with Gasteiger partial charge in [-0.05, 0) is 69.5 Å². The minimum atomic E-state index is 0.361. The Morgan fingerprint density at radius 1 is 1.11 bits per heavy atom. The quantitative estimate of drug-likeness (QED) is 0.197. The first kappa shape index (κ1) is 28.2. The molecular formula is C31H42N6. The van der Waals surface area contributed by atoms with E-state index in [1.54, 1.807) is 0 Å². The lowest BCUT2D eigenvalue weighted by atomic mass is 9.95. The molecule has 0 N–H and O–H groups in total. The van der Waals surface area contributed by atoms with Crippen molar-refractivity contribution in [3.05, 3.63) is 88.5 Å². The Balaban J connectivity index is 1.61. The van der Waals surface area contributed by atoms with Crippen LogP contribution < -0.4 is 0 Å². The van der Waals surface area contributed by atoms with Gasteiger partial charge in [0.15, 0.2) is 5.82 Å². The number of allylic oxidation sites excluding steroid dienone is 1. The number of nitrogens with zero attached hydrogens (tertiary/aromatic N) is 6. The zero-order valence-corrected chi connectivity index (χ0v) is 23.4. The molecule has 0 saturated heterocycles. The molecule has 3 aromatic rings. The van der Waals surface area contributed by atoms with Crippen LogP contribution in [0.2, 0.25) is 0 Å². The van der Waals surface area contributed by atoms with Gasteiger partial charge in [-0.25, -0.2) is 4.99 Å². The third-order valence-corrected chi connectivity index (χ3v) is 7.06. The molecule has 3 rings (SSSR count). The molecule has 6 nitrogen and oxygen atoms in total. The summed E-state index contributed by atoms with van der Waals surface area (Å²) in [4.78, 5) is 10.5. The number of hydrogen-bond donors (Lipinski definition) is 0. The Labute approximate surface area is 222 Å². The molecule has 2 aromatic carbocycles. The van der Waals surface area contributed by atoms with E-state index in [9.17, 15) is 0 Å². The van der Waals surface area contributed by atoms with Crippen LogP contribution in [0.15, 0.2) is 64.6 Å². The van der Waals surface area contributed by atoms with Gasteiger partial charge in [0.05, 0.1) is 0 Å². The molecule has 196 valence electrons. The minimum Gasteiger partial charge on any atom is -0.313 e. The summed E-state index contributed by atoms with van der Waals surface area (Å²) in [5.41, 5.74) is 6.21. The molecule has 37 heavy (non-hydrogen) atoms. The summed E-state index contributed by atoms with van der Waals surface area (Å²) in [6.07, 6.45) is 6.36. The number of hydrogen-bond acceptors (Lipinski definition) is 4. The van der Waals surface area contributed by atoms with Gasteiger partial charge in [0, 0.05) is 26.1 Å². The molecule has 0 aliphatic heterocycles. The van der Waals surface area contributed by atoms with Crippen molar-refractivity contribution in [1.29, 1.82) is 0 Å². The summed E-state index contributed by atoms with van der Waals surface area (Å²) in [5, 5.41) is 8.81. The predicted octanol–water partition coefficient (Wildman–Crippen LogP) is 6.61. The fourth-order valence-electron chi connectivity index (χ4n) is 4.74. The van der Waals surface area contributed by atoms with Crippen molar-refractivity contribution in [2.75, 3.05) is 6.54 Å². The Bertz CT molecular complexity index is 1220. The maximum Gasteiger partial charge on any atom is 0.182 e. The third kappa shape index (κ3) is 7.80. The molecule has 0 fully saturated rings. The van der Waals surface area contributed by atoms with Crippen molar-refractivity contribution in [1.82, 2.24) is 19.7 Å². The van der Waals surface area contributed by atoms with E-state index < -0.39 is 0 Å². The van der Waals surface area contributed by atoms with Gasteiger partial charge in [-0.1, -0.05) is 74.0 Å². The molecule has 1 aromatic heterocycles. The summed E-state index contributed by atoms with van der Waals surface area (Å²) < 4.78 is 2.03. The Hall–Kier alpha value is -3.38. The Kier molecular flexibility index (Phi) is 10.5. The van der Waals surface area contributed by atoms with Gasteiger partial charge in [-0.15, -0.1) is 10.2 Å². The molecule has 2 atom stereocenters. The van der Waals surface area contributed by atoms with Crippen LogP contribution in [0.1, 0.15) is 74.1 Å². The molecule has 0 saturated carbocycles. The Morgan fingerprint density at radius 3 is 2.57 bits per heavy atom. The second-order valence-electron chi connectivity index (χ2n) is 9.92. The van der Waals surface area contributed by atoms with Crippen LogP contribution in [0.5, 0.6) is 0 Å². The van der Waals surface area contributed by atoms with Crippen molar-refractivity contribution < 1.29 is 0 Å². The number of aromatic nitrogens is 3. The van der Waals surface area contributed by atoms with E-state index in [0.717, 1.165) is 49.7 Å². The molecule has 0 aliphatic carbocycles. The van der Waals surface area contributed by atoms with Gasteiger partial charge < -0.3 is 4.57 Å². The first-order chi connectivity index (χ1) is 17.9. The summed E-state index contributed by atoms with van der Waals surface area (Å²) in [6, 6.07) is 18.3. The fourth-order valence-corrected chi connectivity index (χ4v) is 4.74. The second kappa shape index (κ2) is 13.8. The average Bonchev–Trinajstić information content (AvgIpc) is 3.26. The zero-order chi connectivity index (χ0) is 26.8. The summed E-state index contributed by atoms with van der Waals surface area (Å²) in [6.45, 7) is 16.4. The Morgan fingerprint density at radius 2 is 1.86 bits per heavy atom. The smallest absolute Gasteiger partial charge is 0.182 e. The zero-order valence-electron chi connectivity index (χ0n) is 23.4. The maximum atomic E-state index is 4.44. The average molecular weight is 499 g/mol. The number of aryl methyl sites for hydroxylation is 2. The second-order valence-corrected chi connectivity index (χ2v) is 9.92. The molecule has 6 heteroatoms. The highest BCUT2D eigenvalue weighted by Crippen LogP contribution is 2.25. The molecule has 0 amide bonds.